The molecule has 1 fully saturated rings. The molecule has 1 aromatic carbocycles. The highest BCUT2D eigenvalue weighted by molar-refractivity contribution is 9.10. The summed E-state index contributed by atoms with van der Waals surface area (Å²) >= 11 is 3.11. The van der Waals surface area contributed by atoms with Crippen molar-refractivity contribution in [2.45, 2.75) is 26.4 Å². The number of amides is 1. The Bertz CT molecular complexity index is 830. The molecule has 0 aliphatic carbocycles. The molecule has 1 saturated heterocycles. The van der Waals surface area contributed by atoms with E-state index >= 15 is 0 Å². The highest BCUT2D eigenvalue weighted by Gasteiger charge is 2.23. The van der Waals surface area contributed by atoms with Crippen molar-refractivity contribution in [1.82, 2.24) is 19.6 Å². The van der Waals surface area contributed by atoms with Gasteiger partial charge in [-0.1, -0.05) is 24.3 Å². The van der Waals surface area contributed by atoms with Gasteiger partial charge in [0.1, 0.15) is 4.47 Å². The summed E-state index contributed by atoms with van der Waals surface area (Å²) in [6, 6.07) is 8.36. The van der Waals surface area contributed by atoms with Crippen LogP contribution >= 0.6 is 15.9 Å². The molecule has 144 valence electrons. The monoisotopic (exact) mass is 435 g/mol. The summed E-state index contributed by atoms with van der Waals surface area (Å²) in [6.07, 6.45) is 1.81. The van der Waals surface area contributed by atoms with Crippen molar-refractivity contribution >= 4 is 27.7 Å². The molecule has 8 nitrogen and oxygen atoms in total. The topological polar surface area (TPSA) is 84.5 Å². The van der Waals surface area contributed by atoms with Crippen LogP contribution in [0.1, 0.15) is 17.5 Å². The zero-order valence-corrected chi connectivity index (χ0v) is 16.8. The van der Waals surface area contributed by atoms with E-state index in [0.29, 0.717) is 24.1 Å². The second kappa shape index (κ2) is 8.62. The fourth-order valence-electron chi connectivity index (χ4n) is 3.18. The van der Waals surface area contributed by atoms with Gasteiger partial charge in [-0.15, -0.1) is 0 Å². The third-order valence-corrected chi connectivity index (χ3v) is 5.37. The number of carbonyl (C=O) groups excluding carboxylic acids is 1. The van der Waals surface area contributed by atoms with Crippen LogP contribution in [0, 0.1) is 17.0 Å². The number of hydrogen-bond donors (Lipinski definition) is 0. The van der Waals surface area contributed by atoms with Crippen LogP contribution in [0.25, 0.3) is 0 Å². The normalized spacial score (nSPS) is 15.1. The molecule has 3 rings (SSSR count). The summed E-state index contributed by atoms with van der Waals surface area (Å²) in [5, 5.41) is 14.7. The summed E-state index contributed by atoms with van der Waals surface area (Å²) < 4.78 is 1.76. The predicted octanol–water partition coefficient (Wildman–Crippen LogP) is 2.60. The van der Waals surface area contributed by atoms with E-state index in [1.807, 2.05) is 11.0 Å². The number of rotatable bonds is 6. The van der Waals surface area contributed by atoms with Crippen LogP contribution < -0.4 is 0 Å². The molecule has 0 spiro atoms. The molecule has 0 bridgehead atoms. The zero-order valence-electron chi connectivity index (χ0n) is 15.2. The first kappa shape index (κ1) is 19.5. The van der Waals surface area contributed by atoms with Gasteiger partial charge in [0.15, 0.2) is 0 Å². The van der Waals surface area contributed by atoms with Crippen molar-refractivity contribution in [3.05, 3.63) is 56.2 Å². The maximum atomic E-state index is 12.4. The minimum Gasteiger partial charge on any atom is -0.358 e. The highest BCUT2D eigenvalue weighted by Crippen LogP contribution is 2.22. The molecule has 0 radical (unpaired) electrons. The Hall–Kier alpha value is -2.26. The maximum Gasteiger partial charge on any atom is 0.404 e. The molecule has 2 aromatic rings. The van der Waals surface area contributed by atoms with Gasteiger partial charge >= 0.3 is 5.82 Å². The van der Waals surface area contributed by atoms with Crippen molar-refractivity contribution in [2.75, 3.05) is 26.2 Å². The van der Waals surface area contributed by atoms with Gasteiger partial charge in [0.25, 0.3) is 0 Å². The van der Waals surface area contributed by atoms with E-state index in [2.05, 4.69) is 51.1 Å². The first-order chi connectivity index (χ1) is 12.9. The molecule has 1 aliphatic heterocycles. The van der Waals surface area contributed by atoms with E-state index in [1.165, 1.54) is 22.0 Å². The van der Waals surface area contributed by atoms with Crippen molar-refractivity contribution in [1.29, 1.82) is 0 Å². The van der Waals surface area contributed by atoms with Crippen LogP contribution in [0.5, 0.6) is 0 Å². The molecule has 1 aromatic heterocycles. The van der Waals surface area contributed by atoms with Crippen molar-refractivity contribution in [3.63, 3.8) is 0 Å². The third-order valence-electron chi connectivity index (χ3n) is 4.81. The quantitative estimate of drug-likeness (QED) is 0.514. The van der Waals surface area contributed by atoms with Gasteiger partial charge in [0, 0.05) is 39.1 Å². The van der Waals surface area contributed by atoms with Gasteiger partial charge in [-0.3, -0.25) is 9.69 Å². The number of nitro groups is 1. The van der Waals surface area contributed by atoms with Gasteiger partial charge in [-0.05, 0) is 38.9 Å². The van der Waals surface area contributed by atoms with Gasteiger partial charge in [0.2, 0.25) is 5.91 Å². The van der Waals surface area contributed by atoms with E-state index in [9.17, 15) is 14.9 Å². The Morgan fingerprint density at radius 3 is 2.59 bits per heavy atom. The summed E-state index contributed by atoms with van der Waals surface area (Å²) in [6.45, 7) is 6.44. The van der Waals surface area contributed by atoms with Crippen LogP contribution in [0.3, 0.4) is 0 Å². The molecule has 1 amide bonds. The lowest BCUT2D eigenvalue weighted by molar-refractivity contribution is -0.390. The smallest absolute Gasteiger partial charge is 0.358 e. The standard InChI is InChI=1S/C18H22BrN5O3/c1-14-4-2-3-5-15(14)12-21-8-10-22(11-9-21)17(25)6-7-23-13-16(19)18(20-23)24(26)27/h2-5,13H,6-12H2,1H3. The lowest BCUT2D eigenvalue weighted by Crippen LogP contribution is -2.48. The summed E-state index contributed by atoms with van der Waals surface area (Å²) in [4.78, 5) is 26.9. The molecular formula is C18H22BrN5O3. The minimum absolute atomic E-state index is 0.0554. The fraction of sp³-hybridized carbons (Fsp3) is 0.444. The zero-order chi connectivity index (χ0) is 19.4. The number of halogens is 1. The van der Waals surface area contributed by atoms with Gasteiger partial charge in [-0.25, -0.2) is 0 Å². The van der Waals surface area contributed by atoms with E-state index in [-0.39, 0.29) is 18.1 Å². The second-order valence-corrected chi connectivity index (χ2v) is 7.51. The maximum absolute atomic E-state index is 12.4. The van der Waals surface area contributed by atoms with Gasteiger partial charge < -0.3 is 15.0 Å². The van der Waals surface area contributed by atoms with E-state index < -0.39 is 4.92 Å². The Morgan fingerprint density at radius 2 is 1.96 bits per heavy atom. The summed E-state index contributed by atoms with van der Waals surface area (Å²) in [5.74, 6) is -0.174. The van der Waals surface area contributed by atoms with Crippen molar-refractivity contribution < 1.29 is 9.72 Å². The fourth-order valence-corrected chi connectivity index (χ4v) is 3.64. The molecule has 0 atom stereocenters. The van der Waals surface area contributed by atoms with E-state index in [0.717, 1.165) is 19.6 Å². The molecule has 9 heteroatoms. The first-order valence-corrected chi connectivity index (χ1v) is 9.65. The van der Waals surface area contributed by atoms with Crippen LogP contribution in [0.15, 0.2) is 34.9 Å². The van der Waals surface area contributed by atoms with Crippen molar-refractivity contribution in [2.24, 2.45) is 0 Å². The lowest BCUT2D eigenvalue weighted by atomic mass is 10.1. The third kappa shape index (κ3) is 4.92. The predicted molar refractivity (Wildman–Crippen MR) is 104 cm³/mol. The lowest BCUT2D eigenvalue weighted by Gasteiger charge is -2.35. The Labute approximate surface area is 166 Å². The van der Waals surface area contributed by atoms with Crippen LogP contribution in [-0.2, 0) is 17.9 Å². The number of benzene rings is 1. The molecule has 2 heterocycles. The number of carbonyl (C=O) groups is 1. The number of hydrogen-bond acceptors (Lipinski definition) is 5. The number of aryl methyl sites for hydroxylation is 2. The largest absolute Gasteiger partial charge is 0.404 e. The van der Waals surface area contributed by atoms with E-state index in [1.54, 1.807) is 0 Å². The first-order valence-electron chi connectivity index (χ1n) is 8.86. The molecule has 0 saturated carbocycles. The highest BCUT2D eigenvalue weighted by atomic mass is 79.9. The number of nitrogens with zero attached hydrogens (tertiary/aromatic N) is 5. The summed E-state index contributed by atoms with van der Waals surface area (Å²) in [7, 11) is 0. The van der Waals surface area contributed by atoms with Gasteiger partial charge in [-0.2, -0.15) is 4.68 Å². The Kier molecular flexibility index (Phi) is 6.22. The summed E-state index contributed by atoms with van der Waals surface area (Å²) in [5.41, 5.74) is 2.61. The van der Waals surface area contributed by atoms with Gasteiger partial charge in [0.05, 0.1) is 17.8 Å². The molecule has 0 unspecified atom stereocenters. The van der Waals surface area contributed by atoms with E-state index in [4.69, 9.17) is 0 Å². The average molecular weight is 436 g/mol. The number of piperazine rings is 1. The molecular weight excluding hydrogens is 414 g/mol. The van der Waals surface area contributed by atoms with Crippen molar-refractivity contribution in [3.8, 4) is 0 Å². The van der Waals surface area contributed by atoms with Crippen LogP contribution in [-0.4, -0.2) is 56.6 Å². The SMILES string of the molecule is Cc1ccccc1CN1CCN(C(=O)CCn2cc(Br)c([N+](=O)[O-])n2)CC1. The number of aromatic nitrogens is 2. The molecule has 1 aliphatic rings. The molecule has 27 heavy (non-hydrogen) atoms. The average Bonchev–Trinajstić information content (AvgIpc) is 3.03. The molecule has 0 N–H and O–H groups in total. The second-order valence-electron chi connectivity index (χ2n) is 6.65. The Balaban J connectivity index is 1.46. The Morgan fingerprint density at radius 1 is 1.26 bits per heavy atom. The van der Waals surface area contributed by atoms with Crippen LogP contribution in [0.4, 0.5) is 5.82 Å². The van der Waals surface area contributed by atoms with Crippen LogP contribution in [0.2, 0.25) is 0 Å². The minimum atomic E-state index is -0.546.